The molecule has 130 valence electrons. The monoisotopic (exact) mass is 381 g/mol. The van der Waals surface area contributed by atoms with Gasteiger partial charge in [0.25, 0.3) is 5.56 Å². The van der Waals surface area contributed by atoms with Gasteiger partial charge in [-0.2, -0.15) is 9.50 Å². The van der Waals surface area contributed by atoms with E-state index in [1.165, 1.54) is 20.7 Å². The largest absolute Gasteiger partial charge is 0.496 e. The highest BCUT2D eigenvalue weighted by Gasteiger charge is 2.14. The zero-order chi connectivity index (χ0) is 18.1. The van der Waals surface area contributed by atoms with Gasteiger partial charge < -0.3 is 4.74 Å². The van der Waals surface area contributed by atoms with E-state index in [4.69, 9.17) is 4.74 Å². The van der Waals surface area contributed by atoms with Crippen molar-refractivity contribution in [3.8, 4) is 17.1 Å². The highest BCUT2D eigenvalue weighted by atomic mass is 32.2. The quantitative estimate of drug-likeness (QED) is 0.509. The third kappa shape index (κ3) is 3.00. The molecule has 0 fully saturated rings. The summed E-state index contributed by atoms with van der Waals surface area (Å²) < 4.78 is 7.32. The molecule has 0 saturated carbocycles. The van der Waals surface area contributed by atoms with Crippen molar-refractivity contribution >= 4 is 34.1 Å². The van der Waals surface area contributed by atoms with Crippen molar-refractivity contribution < 1.29 is 4.74 Å². The highest BCUT2D eigenvalue weighted by molar-refractivity contribution is 7.98. The predicted octanol–water partition coefficient (Wildman–Crippen LogP) is 3.10. The van der Waals surface area contributed by atoms with Crippen molar-refractivity contribution in [2.24, 2.45) is 0 Å². The highest BCUT2D eigenvalue weighted by Crippen LogP contribution is 2.27. The van der Waals surface area contributed by atoms with Gasteiger partial charge in [0.1, 0.15) is 5.75 Å². The van der Waals surface area contributed by atoms with E-state index < -0.39 is 0 Å². The lowest BCUT2D eigenvalue weighted by molar-refractivity contribution is 0.416. The number of methoxy groups -OCH3 is 1. The Morgan fingerprint density at radius 1 is 1.15 bits per heavy atom. The van der Waals surface area contributed by atoms with Crippen molar-refractivity contribution in [3.05, 3.63) is 69.0 Å². The maximum atomic E-state index is 12.7. The SMILES string of the molecule is COc1ccccc1-c1nc2sc(=Cc3ccc(SC)cc3)c(=O)n2n1. The van der Waals surface area contributed by atoms with Gasteiger partial charge in [-0.1, -0.05) is 35.6 Å². The molecule has 0 unspecified atom stereocenters. The molecule has 0 bridgehead atoms. The van der Waals surface area contributed by atoms with Crippen molar-refractivity contribution in [3.63, 3.8) is 0 Å². The minimum absolute atomic E-state index is 0.160. The predicted molar refractivity (Wildman–Crippen MR) is 106 cm³/mol. The second-order valence-corrected chi connectivity index (χ2v) is 7.41. The number of nitrogens with zero attached hydrogens (tertiary/aromatic N) is 3. The molecule has 0 radical (unpaired) electrons. The van der Waals surface area contributed by atoms with Gasteiger partial charge in [-0.25, -0.2) is 0 Å². The summed E-state index contributed by atoms with van der Waals surface area (Å²) in [5.74, 6) is 1.17. The Morgan fingerprint density at radius 2 is 1.92 bits per heavy atom. The zero-order valence-electron chi connectivity index (χ0n) is 14.2. The fraction of sp³-hybridized carbons (Fsp3) is 0.105. The van der Waals surface area contributed by atoms with E-state index in [0.29, 0.717) is 21.1 Å². The number of aromatic nitrogens is 3. The summed E-state index contributed by atoms with van der Waals surface area (Å²) in [5, 5.41) is 4.38. The van der Waals surface area contributed by atoms with Crippen LogP contribution in [0, 0.1) is 0 Å². The van der Waals surface area contributed by atoms with Gasteiger partial charge in [0.05, 0.1) is 17.2 Å². The van der Waals surface area contributed by atoms with Crippen molar-refractivity contribution in [2.75, 3.05) is 13.4 Å². The molecule has 4 rings (SSSR count). The molecule has 0 aliphatic heterocycles. The number of thiazole rings is 1. The second kappa shape index (κ2) is 6.93. The summed E-state index contributed by atoms with van der Waals surface area (Å²) in [5.41, 5.74) is 1.59. The number of benzene rings is 2. The van der Waals surface area contributed by atoms with Gasteiger partial charge in [0, 0.05) is 4.90 Å². The lowest BCUT2D eigenvalue weighted by Crippen LogP contribution is -2.23. The number of hydrogen-bond donors (Lipinski definition) is 0. The molecule has 0 amide bonds. The first-order valence-electron chi connectivity index (χ1n) is 7.88. The van der Waals surface area contributed by atoms with E-state index in [9.17, 15) is 4.79 Å². The third-order valence-electron chi connectivity index (χ3n) is 3.94. The Labute approximate surface area is 158 Å². The molecule has 0 atom stereocenters. The van der Waals surface area contributed by atoms with Crippen LogP contribution in [0.5, 0.6) is 5.75 Å². The topological polar surface area (TPSA) is 56.5 Å². The number of ether oxygens (including phenoxy) is 1. The van der Waals surface area contributed by atoms with Crippen LogP contribution in [0.15, 0.2) is 58.2 Å². The minimum Gasteiger partial charge on any atom is -0.496 e. The molecule has 5 nitrogen and oxygen atoms in total. The number of fused-ring (bicyclic) bond motifs is 1. The van der Waals surface area contributed by atoms with Gasteiger partial charge >= 0.3 is 0 Å². The number of thioether (sulfide) groups is 1. The van der Waals surface area contributed by atoms with Crippen LogP contribution in [0.1, 0.15) is 5.56 Å². The summed E-state index contributed by atoms with van der Waals surface area (Å²) >= 11 is 3.02. The first kappa shape index (κ1) is 16.8. The molecular formula is C19H15N3O2S2. The number of para-hydroxylation sites is 1. The fourth-order valence-corrected chi connectivity index (χ4v) is 3.94. The standard InChI is InChI=1S/C19H15N3O2S2/c1-24-15-6-4-3-5-14(15)17-20-19-22(21-17)18(23)16(26-19)11-12-7-9-13(25-2)10-8-12/h3-11H,1-2H3. The third-order valence-corrected chi connectivity index (χ3v) is 5.65. The lowest BCUT2D eigenvalue weighted by atomic mass is 10.2. The molecule has 2 aromatic heterocycles. The van der Waals surface area contributed by atoms with E-state index >= 15 is 0 Å². The first-order chi connectivity index (χ1) is 12.7. The molecule has 7 heteroatoms. The number of rotatable bonds is 4. The van der Waals surface area contributed by atoms with Crippen molar-refractivity contribution in [1.29, 1.82) is 0 Å². The maximum absolute atomic E-state index is 12.7. The fourth-order valence-electron chi connectivity index (χ4n) is 2.63. The molecule has 0 saturated heterocycles. The van der Waals surface area contributed by atoms with Crippen LogP contribution < -0.4 is 14.8 Å². The molecule has 0 N–H and O–H groups in total. The zero-order valence-corrected chi connectivity index (χ0v) is 15.8. The first-order valence-corrected chi connectivity index (χ1v) is 9.92. The van der Waals surface area contributed by atoms with Crippen LogP contribution in [-0.4, -0.2) is 28.0 Å². The van der Waals surface area contributed by atoms with Gasteiger partial charge in [-0.05, 0) is 42.2 Å². The van der Waals surface area contributed by atoms with Crippen molar-refractivity contribution in [2.45, 2.75) is 4.90 Å². The normalized spacial score (nSPS) is 12.0. The Kier molecular flexibility index (Phi) is 4.48. The maximum Gasteiger partial charge on any atom is 0.291 e. The van der Waals surface area contributed by atoms with Crippen LogP contribution in [0.2, 0.25) is 0 Å². The van der Waals surface area contributed by atoms with Crippen LogP contribution >= 0.6 is 23.1 Å². The Balaban J connectivity index is 1.78. The summed E-state index contributed by atoms with van der Waals surface area (Å²) in [6, 6.07) is 15.6. The molecule has 0 aliphatic rings. The summed E-state index contributed by atoms with van der Waals surface area (Å²) in [6.07, 6.45) is 3.91. The van der Waals surface area contributed by atoms with E-state index in [2.05, 4.69) is 10.1 Å². The van der Waals surface area contributed by atoms with Crippen LogP contribution in [0.25, 0.3) is 22.4 Å². The molecule has 0 aliphatic carbocycles. The summed E-state index contributed by atoms with van der Waals surface area (Å²) in [4.78, 5) is 18.9. The molecule has 26 heavy (non-hydrogen) atoms. The smallest absolute Gasteiger partial charge is 0.291 e. The van der Waals surface area contributed by atoms with E-state index in [1.54, 1.807) is 18.9 Å². The molecular weight excluding hydrogens is 366 g/mol. The summed E-state index contributed by atoms with van der Waals surface area (Å²) in [6.45, 7) is 0. The average molecular weight is 381 g/mol. The Morgan fingerprint density at radius 3 is 2.62 bits per heavy atom. The van der Waals surface area contributed by atoms with Crippen molar-refractivity contribution in [1.82, 2.24) is 14.6 Å². The Bertz CT molecular complexity index is 1180. The van der Waals surface area contributed by atoms with Gasteiger partial charge in [0.15, 0.2) is 5.82 Å². The Hall–Kier alpha value is -2.64. The molecule has 4 aromatic rings. The minimum atomic E-state index is -0.160. The van der Waals surface area contributed by atoms with Crippen LogP contribution in [-0.2, 0) is 0 Å². The second-order valence-electron chi connectivity index (χ2n) is 5.52. The number of hydrogen-bond acceptors (Lipinski definition) is 6. The van der Waals surface area contributed by atoms with Crippen LogP contribution in [0.4, 0.5) is 0 Å². The van der Waals surface area contributed by atoms with Gasteiger partial charge in [0.2, 0.25) is 4.96 Å². The molecule has 2 aromatic carbocycles. The lowest BCUT2D eigenvalue weighted by Gasteiger charge is -2.03. The summed E-state index contributed by atoms with van der Waals surface area (Å²) in [7, 11) is 1.60. The average Bonchev–Trinajstić information content (AvgIpc) is 3.22. The van der Waals surface area contributed by atoms with Gasteiger partial charge in [-0.15, -0.1) is 16.9 Å². The van der Waals surface area contributed by atoms with E-state index in [-0.39, 0.29) is 5.56 Å². The molecule has 0 spiro atoms. The van der Waals surface area contributed by atoms with Gasteiger partial charge in [-0.3, -0.25) is 4.79 Å². The van der Waals surface area contributed by atoms with Crippen LogP contribution in [0.3, 0.4) is 0 Å². The van der Waals surface area contributed by atoms with E-state index in [1.807, 2.05) is 60.9 Å². The molecule has 2 heterocycles. The van der Waals surface area contributed by atoms with E-state index in [0.717, 1.165) is 11.1 Å².